The molecule has 0 unspecified atom stereocenters. The number of nitrogens with one attached hydrogen (secondary N) is 1. The first-order valence-corrected chi connectivity index (χ1v) is 6.13. The van der Waals surface area contributed by atoms with Gasteiger partial charge in [0.1, 0.15) is 0 Å². The van der Waals surface area contributed by atoms with Crippen LogP contribution in [0.2, 0.25) is 0 Å². The number of hydrogen-bond acceptors (Lipinski definition) is 3. The molecule has 0 aliphatic rings. The summed E-state index contributed by atoms with van der Waals surface area (Å²) in [4.78, 5) is 15.7. The zero-order valence-electron chi connectivity index (χ0n) is 10.6. The first-order valence-electron chi connectivity index (χ1n) is 6.13. The third-order valence-corrected chi connectivity index (χ3v) is 2.71. The van der Waals surface area contributed by atoms with E-state index in [2.05, 4.69) is 16.9 Å². The maximum absolute atomic E-state index is 11.5. The molecule has 2 heterocycles. The number of allylic oxidation sites excluding steroid dienone is 1. The lowest BCUT2D eigenvalue weighted by molar-refractivity contribution is -0.121. The number of hydrogen-bond donors (Lipinski definition) is 1. The molecule has 0 fully saturated rings. The Hall–Kier alpha value is -2.36. The summed E-state index contributed by atoms with van der Waals surface area (Å²) in [6.45, 7) is 4.07. The van der Waals surface area contributed by atoms with Gasteiger partial charge in [-0.05, 0) is 24.1 Å². The highest BCUT2D eigenvalue weighted by molar-refractivity contribution is 5.76. The van der Waals surface area contributed by atoms with Crippen molar-refractivity contribution in [3.8, 4) is 11.1 Å². The van der Waals surface area contributed by atoms with E-state index in [4.69, 9.17) is 4.42 Å². The van der Waals surface area contributed by atoms with Gasteiger partial charge in [0.25, 0.3) is 0 Å². The minimum Gasteiger partial charge on any atom is -0.472 e. The molecule has 1 amide bonds. The fourth-order valence-corrected chi connectivity index (χ4v) is 1.69. The number of furan rings is 1. The van der Waals surface area contributed by atoms with Crippen LogP contribution in [0.3, 0.4) is 0 Å². The fourth-order valence-electron chi connectivity index (χ4n) is 1.69. The number of amides is 1. The average molecular weight is 256 g/mol. The van der Waals surface area contributed by atoms with Gasteiger partial charge in [0.05, 0.1) is 12.5 Å². The largest absolute Gasteiger partial charge is 0.472 e. The molecule has 0 aliphatic heterocycles. The van der Waals surface area contributed by atoms with Gasteiger partial charge < -0.3 is 9.73 Å². The molecule has 0 spiro atoms. The Morgan fingerprint density at radius 1 is 1.42 bits per heavy atom. The van der Waals surface area contributed by atoms with Crippen LogP contribution in [-0.4, -0.2) is 10.9 Å². The highest BCUT2D eigenvalue weighted by Gasteiger charge is 2.03. The third kappa shape index (κ3) is 3.81. The highest BCUT2D eigenvalue weighted by Crippen LogP contribution is 2.19. The molecular formula is C15H16N2O2. The summed E-state index contributed by atoms with van der Waals surface area (Å²) in [6.07, 6.45) is 9.71. The summed E-state index contributed by atoms with van der Waals surface area (Å²) in [5.41, 5.74) is 2.92. The van der Waals surface area contributed by atoms with Gasteiger partial charge in [-0.3, -0.25) is 9.78 Å². The molecule has 4 nitrogen and oxygen atoms in total. The molecule has 4 heteroatoms. The normalized spacial score (nSPS) is 10.1. The fraction of sp³-hybridized carbons (Fsp3) is 0.200. The second-order valence-corrected chi connectivity index (χ2v) is 4.20. The summed E-state index contributed by atoms with van der Waals surface area (Å²) in [5.74, 6) is 0.0219. The lowest BCUT2D eigenvalue weighted by Gasteiger charge is -2.05. The van der Waals surface area contributed by atoms with Crippen molar-refractivity contribution in [3.05, 3.63) is 55.3 Å². The first kappa shape index (κ1) is 13.1. The predicted molar refractivity (Wildman–Crippen MR) is 73.2 cm³/mol. The Morgan fingerprint density at radius 3 is 3.05 bits per heavy atom. The second kappa shape index (κ2) is 6.54. The summed E-state index contributed by atoms with van der Waals surface area (Å²) in [7, 11) is 0. The number of aromatic nitrogens is 1. The van der Waals surface area contributed by atoms with Crippen molar-refractivity contribution in [1.82, 2.24) is 10.3 Å². The van der Waals surface area contributed by atoms with Crippen molar-refractivity contribution < 1.29 is 9.21 Å². The smallest absolute Gasteiger partial charge is 0.220 e. The van der Waals surface area contributed by atoms with Crippen molar-refractivity contribution in [2.75, 3.05) is 0 Å². The van der Waals surface area contributed by atoms with E-state index in [9.17, 15) is 4.79 Å². The van der Waals surface area contributed by atoms with E-state index in [-0.39, 0.29) is 5.91 Å². The summed E-state index contributed by atoms with van der Waals surface area (Å²) in [6, 6.07) is 3.87. The van der Waals surface area contributed by atoms with Crippen LogP contribution in [0.4, 0.5) is 0 Å². The van der Waals surface area contributed by atoms with Crippen LogP contribution in [0.5, 0.6) is 0 Å². The lowest BCUT2D eigenvalue weighted by atomic mass is 10.1. The van der Waals surface area contributed by atoms with E-state index in [1.165, 1.54) is 0 Å². The quantitative estimate of drug-likeness (QED) is 0.808. The zero-order chi connectivity index (χ0) is 13.5. The van der Waals surface area contributed by atoms with Crippen LogP contribution in [0.1, 0.15) is 18.4 Å². The van der Waals surface area contributed by atoms with Gasteiger partial charge in [0.2, 0.25) is 5.91 Å². The molecule has 0 bridgehead atoms. The SMILES string of the molecule is C=CCCC(=O)NCc1cncc(-c2ccoc2)c1. The van der Waals surface area contributed by atoms with Crippen LogP contribution in [0.25, 0.3) is 11.1 Å². The van der Waals surface area contributed by atoms with Crippen molar-refractivity contribution in [2.24, 2.45) is 0 Å². The molecule has 0 atom stereocenters. The number of pyridine rings is 1. The van der Waals surface area contributed by atoms with Crippen molar-refractivity contribution in [2.45, 2.75) is 19.4 Å². The van der Waals surface area contributed by atoms with Gasteiger partial charge in [0, 0.05) is 36.5 Å². The average Bonchev–Trinajstić information content (AvgIpc) is 2.97. The Balaban J connectivity index is 1.96. The molecule has 98 valence electrons. The third-order valence-electron chi connectivity index (χ3n) is 2.71. The number of carbonyl (C=O) groups is 1. The first-order chi connectivity index (χ1) is 9.29. The van der Waals surface area contributed by atoms with Crippen LogP contribution in [0, 0.1) is 0 Å². The van der Waals surface area contributed by atoms with Crippen molar-refractivity contribution >= 4 is 5.91 Å². The van der Waals surface area contributed by atoms with Gasteiger partial charge >= 0.3 is 0 Å². The predicted octanol–water partition coefficient (Wildman–Crippen LogP) is 2.92. The minimum atomic E-state index is 0.0219. The van der Waals surface area contributed by atoms with Crippen LogP contribution in [-0.2, 0) is 11.3 Å². The molecule has 0 saturated heterocycles. The Bertz CT molecular complexity index is 547. The maximum Gasteiger partial charge on any atom is 0.220 e. The van der Waals surface area contributed by atoms with Gasteiger partial charge in [0.15, 0.2) is 0 Å². The van der Waals surface area contributed by atoms with Crippen LogP contribution in [0.15, 0.2) is 54.1 Å². The van der Waals surface area contributed by atoms with Gasteiger partial charge in [-0.25, -0.2) is 0 Å². The second-order valence-electron chi connectivity index (χ2n) is 4.20. The number of carbonyl (C=O) groups excluding carboxylic acids is 1. The molecule has 19 heavy (non-hydrogen) atoms. The minimum absolute atomic E-state index is 0.0219. The van der Waals surface area contributed by atoms with E-state index in [0.717, 1.165) is 16.7 Å². The molecule has 1 N–H and O–H groups in total. The van der Waals surface area contributed by atoms with Gasteiger partial charge in [-0.15, -0.1) is 6.58 Å². The van der Waals surface area contributed by atoms with E-state index in [1.54, 1.807) is 31.0 Å². The summed E-state index contributed by atoms with van der Waals surface area (Å²) < 4.78 is 5.04. The molecule has 2 aromatic rings. The standard InChI is InChI=1S/C15H16N2O2/c1-2-3-4-15(18)17-9-12-7-14(10-16-8-12)13-5-6-19-11-13/h2,5-8,10-11H,1,3-4,9H2,(H,17,18). The van der Waals surface area contributed by atoms with Gasteiger partial charge in [-0.2, -0.15) is 0 Å². The number of rotatable bonds is 6. The van der Waals surface area contributed by atoms with Crippen molar-refractivity contribution in [3.63, 3.8) is 0 Å². The topological polar surface area (TPSA) is 55.1 Å². The number of nitrogens with zero attached hydrogens (tertiary/aromatic N) is 1. The molecule has 0 radical (unpaired) electrons. The summed E-state index contributed by atoms with van der Waals surface area (Å²) >= 11 is 0. The molecule has 0 saturated carbocycles. The lowest BCUT2D eigenvalue weighted by Crippen LogP contribution is -2.22. The van der Waals surface area contributed by atoms with Crippen LogP contribution < -0.4 is 5.32 Å². The van der Waals surface area contributed by atoms with Gasteiger partial charge in [-0.1, -0.05) is 6.08 Å². The molecule has 0 aliphatic carbocycles. The van der Waals surface area contributed by atoms with E-state index in [1.807, 2.05) is 12.1 Å². The van der Waals surface area contributed by atoms with E-state index in [0.29, 0.717) is 19.4 Å². The Morgan fingerprint density at radius 2 is 2.32 bits per heavy atom. The molecule has 2 rings (SSSR count). The van der Waals surface area contributed by atoms with Crippen molar-refractivity contribution in [1.29, 1.82) is 0 Å². The van der Waals surface area contributed by atoms with Crippen LogP contribution >= 0.6 is 0 Å². The monoisotopic (exact) mass is 256 g/mol. The molecule has 2 aromatic heterocycles. The van der Waals surface area contributed by atoms with E-state index >= 15 is 0 Å². The maximum atomic E-state index is 11.5. The highest BCUT2D eigenvalue weighted by atomic mass is 16.3. The molecular weight excluding hydrogens is 240 g/mol. The zero-order valence-corrected chi connectivity index (χ0v) is 10.6. The Labute approximate surface area is 112 Å². The molecule has 0 aromatic carbocycles. The summed E-state index contributed by atoms with van der Waals surface area (Å²) in [5, 5.41) is 2.86. The Kier molecular flexibility index (Phi) is 4.50. The van der Waals surface area contributed by atoms with E-state index < -0.39 is 0 Å².